The molecule has 6 aromatic carbocycles. The van der Waals surface area contributed by atoms with Gasteiger partial charge in [0, 0.05) is 32.8 Å². The summed E-state index contributed by atoms with van der Waals surface area (Å²) in [5, 5.41) is 24.5. The fourth-order valence-corrected chi connectivity index (χ4v) is 6.16. The molecule has 4 heteroatoms. The molecule has 8 rings (SSSR count). The summed E-state index contributed by atoms with van der Waals surface area (Å²) in [5.74, 6) is 0. The Hall–Kier alpha value is -6.10. The van der Waals surface area contributed by atoms with Crippen LogP contribution in [-0.2, 0) is 0 Å². The molecule has 194 valence electrons. The Labute approximate surface area is 241 Å². The van der Waals surface area contributed by atoms with Crippen LogP contribution in [0.4, 0.5) is 0 Å². The largest absolute Gasteiger partial charge is 0.455 e. The normalized spacial score (nSPS) is 11.3. The lowest BCUT2D eigenvalue weighted by Gasteiger charge is -2.13. The highest BCUT2D eigenvalue weighted by atomic mass is 16.3. The number of rotatable bonds is 3. The maximum absolute atomic E-state index is 10.1. The van der Waals surface area contributed by atoms with Crippen LogP contribution >= 0.6 is 0 Å². The van der Waals surface area contributed by atoms with Crippen molar-refractivity contribution in [2.75, 3.05) is 0 Å². The molecule has 0 radical (unpaired) electrons. The SMILES string of the molecule is N#Cc1cc(-c2cc(C#N)cc(-n3c4ccccc4c4ccccc43)c2)cc(-c2cccc3c2oc2ccccc23)c1. The van der Waals surface area contributed by atoms with Crippen LogP contribution in [0, 0.1) is 22.7 Å². The van der Waals surface area contributed by atoms with Gasteiger partial charge >= 0.3 is 0 Å². The Balaban J connectivity index is 1.36. The first kappa shape index (κ1) is 23.8. The Bertz CT molecular complexity index is 2390. The molecule has 2 heterocycles. The highest BCUT2D eigenvalue weighted by Crippen LogP contribution is 2.39. The maximum atomic E-state index is 10.1. The van der Waals surface area contributed by atoms with Gasteiger partial charge in [-0.2, -0.15) is 10.5 Å². The first-order valence-corrected chi connectivity index (χ1v) is 13.7. The highest BCUT2D eigenvalue weighted by molar-refractivity contribution is 6.10. The van der Waals surface area contributed by atoms with E-state index >= 15 is 0 Å². The van der Waals surface area contributed by atoms with E-state index in [1.54, 1.807) is 0 Å². The van der Waals surface area contributed by atoms with Gasteiger partial charge in [-0.05, 0) is 71.3 Å². The molecule has 0 saturated carbocycles. The second-order valence-electron chi connectivity index (χ2n) is 10.4. The molecule has 0 N–H and O–H groups in total. The first-order chi connectivity index (χ1) is 20.7. The van der Waals surface area contributed by atoms with E-state index < -0.39 is 0 Å². The molecule has 0 saturated heterocycles. The molecular weight excluding hydrogens is 514 g/mol. The van der Waals surface area contributed by atoms with Crippen LogP contribution in [0.25, 0.3) is 71.7 Å². The molecule has 2 aromatic heterocycles. The third-order valence-electron chi connectivity index (χ3n) is 8.00. The minimum atomic E-state index is 0.538. The minimum Gasteiger partial charge on any atom is -0.455 e. The van der Waals surface area contributed by atoms with E-state index in [2.05, 4.69) is 65.2 Å². The van der Waals surface area contributed by atoms with Crippen molar-refractivity contribution in [2.24, 2.45) is 0 Å². The summed E-state index contributed by atoms with van der Waals surface area (Å²) in [6.45, 7) is 0. The number of fused-ring (bicyclic) bond motifs is 6. The number of nitriles is 2. The quantitative estimate of drug-likeness (QED) is 0.226. The average Bonchev–Trinajstić information content (AvgIpc) is 3.60. The maximum Gasteiger partial charge on any atom is 0.143 e. The van der Waals surface area contributed by atoms with Crippen LogP contribution in [0.3, 0.4) is 0 Å². The van der Waals surface area contributed by atoms with Crippen LogP contribution in [0.15, 0.2) is 132 Å². The van der Waals surface area contributed by atoms with Crippen molar-refractivity contribution in [1.29, 1.82) is 10.5 Å². The Kier molecular flexibility index (Phi) is 5.22. The second kappa shape index (κ2) is 9.24. The van der Waals surface area contributed by atoms with Crippen molar-refractivity contribution in [1.82, 2.24) is 4.57 Å². The van der Waals surface area contributed by atoms with Crippen LogP contribution in [0.1, 0.15) is 11.1 Å². The Morgan fingerprint density at radius 1 is 0.500 bits per heavy atom. The van der Waals surface area contributed by atoms with Crippen molar-refractivity contribution in [3.8, 4) is 40.1 Å². The fraction of sp³-hybridized carbons (Fsp3) is 0. The number of nitrogens with zero attached hydrogens (tertiary/aromatic N) is 3. The van der Waals surface area contributed by atoms with E-state index in [1.807, 2.05) is 78.9 Å². The van der Waals surface area contributed by atoms with E-state index in [1.165, 1.54) is 0 Å². The summed E-state index contributed by atoms with van der Waals surface area (Å²) in [6, 6.07) is 47.2. The monoisotopic (exact) mass is 535 g/mol. The molecule has 42 heavy (non-hydrogen) atoms. The molecule has 0 amide bonds. The Morgan fingerprint density at radius 3 is 1.79 bits per heavy atom. The molecule has 0 fully saturated rings. The number of benzene rings is 6. The summed E-state index contributed by atoms with van der Waals surface area (Å²) in [5.41, 5.74) is 9.26. The summed E-state index contributed by atoms with van der Waals surface area (Å²) >= 11 is 0. The lowest BCUT2D eigenvalue weighted by molar-refractivity contribution is 0.670. The predicted molar refractivity (Wildman–Crippen MR) is 168 cm³/mol. The van der Waals surface area contributed by atoms with Gasteiger partial charge in [-0.15, -0.1) is 0 Å². The molecule has 0 spiro atoms. The smallest absolute Gasteiger partial charge is 0.143 e. The third kappa shape index (κ3) is 3.60. The molecule has 4 nitrogen and oxygen atoms in total. The van der Waals surface area contributed by atoms with Crippen molar-refractivity contribution in [3.63, 3.8) is 0 Å². The van der Waals surface area contributed by atoms with Gasteiger partial charge in [-0.25, -0.2) is 0 Å². The summed E-state index contributed by atoms with van der Waals surface area (Å²) in [4.78, 5) is 0. The lowest BCUT2D eigenvalue weighted by atomic mass is 9.94. The molecule has 0 aliphatic carbocycles. The van der Waals surface area contributed by atoms with Gasteiger partial charge in [0.05, 0.1) is 34.3 Å². The van der Waals surface area contributed by atoms with Gasteiger partial charge in [0.1, 0.15) is 11.2 Å². The van der Waals surface area contributed by atoms with Gasteiger partial charge in [0.2, 0.25) is 0 Å². The van der Waals surface area contributed by atoms with E-state index in [9.17, 15) is 10.5 Å². The fourth-order valence-electron chi connectivity index (χ4n) is 6.16. The van der Waals surface area contributed by atoms with E-state index in [0.717, 1.165) is 71.7 Å². The van der Waals surface area contributed by atoms with Crippen LogP contribution in [0.2, 0.25) is 0 Å². The molecule has 0 aliphatic heterocycles. The van der Waals surface area contributed by atoms with Crippen LogP contribution in [-0.4, -0.2) is 4.57 Å². The van der Waals surface area contributed by atoms with Gasteiger partial charge in [-0.1, -0.05) is 72.8 Å². The summed E-state index contributed by atoms with van der Waals surface area (Å²) in [7, 11) is 0. The summed E-state index contributed by atoms with van der Waals surface area (Å²) < 4.78 is 8.52. The topological polar surface area (TPSA) is 65.7 Å². The number of furan rings is 1. The summed E-state index contributed by atoms with van der Waals surface area (Å²) in [6.07, 6.45) is 0. The number of aromatic nitrogens is 1. The number of hydrogen-bond donors (Lipinski definition) is 0. The van der Waals surface area contributed by atoms with E-state index in [0.29, 0.717) is 11.1 Å². The highest BCUT2D eigenvalue weighted by Gasteiger charge is 2.16. The molecule has 0 unspecified atom stereocenters. The lowest BCUT2D eigenvalue weighted by Crippen LogP contribution is -1.96. The van der Waals surface area contributed by atoms with Crippen LogP contribution in [0.5, 0.6) is 0 Å². The van der Waals surface area contributed by atoms with Crippen molar-refractivity contribution in [3.05, 3.63) is 139 Å². The molecule has 8 aromatic rings. The Morgan fingerprint density at radius 2 is 1.07 bits per heavy atom. The van der Waals surface area contributed by atoms with Gasteiger partial charge in [0.25, 0.3) is 0 Å². The average molecular weight is 536 g/mol. The molecule has 0 bridgehead atoms. The first-order valence-electron chi connectivity index (χ1n) is 13.7. The van der Waals surface area contributed by atoms with Gasteiger partial charge in [-0.3, -0.25) is 0 Å². The van der Waals surface area contributed by atoms with Crippen molar-refractivity contribution >= 4 is 43.7 Å². The number of para-hydroxylation sites is 4. The van der Waals surface area contributed by atoms with E-state index in [4.69, 9.17) is 4.42 Å². The van der Waals surface area contributed by atoms with E-state index in [-0.39, 0.29) is 0 Å². The van der Waals surface area contributed by atoms with Crippen molar-refractivity contribution in [2.45, 2.75) is 0 Å². The standard InChI is InChI=1S/C38H21N3O/c39-22-24-16-26(20-28(18-24)30-11-7-12-34-33-10-3-6-15-37(33)42-38(30)34)27-17-25(23-40)19-29(21-27)41-35-13-4-1-8-31(35)32-9-2-5-14-36(32)41/h1-21H. The molecular formula is C38H21N3O. The predicted octanol–water partition coefficient (Wildman–Crippen LogP) is 9.76. The number of hydrogen-bond acceptors (Lipinski definition) is 3. The zero-order chi connectivity index (χ0) is 28.2. The second-order valence-corrected chi connectivity index (χ2v) is 10.4. The third-order valence-corrected chi connectivity index (χ3v) is 8.00. The van der Waals surface area contributed by atoms with Gasteiger partial charge in [0.15, 0.2) is 0 Å². The zero-order valence-corrected chi connectivity index (χ0v) is 22.4. The van der Waals surface area contributed by atoms with Crippen LogP contribution < -0.4 is 0 Å². The van der Waals surface area contributed by atoms with Gasteiger partial charge < -0.3 is 8.98 Å². The molecule has 0 atom stereocenters. The minimum absolute atomic E-state index is 0.538. The van der Waals surface area contributed by atoms with Crippen molar-refractivity contribution < 1.29 is 4.42 Å². The zero-order valence-electron chi connectivity index (χ0n) is 22.4. The molecule has 0 aliphatic rings.